The van der Waals surface area contributed by atoms with Crippen LogP contribution in [0.4, 0.5) is 4.39 Å². The number of carbonyl (C=O) groups is 1. The van der Waals surface area contributed by atoms with Gasteiger partial charge in [0.05, 0.1) is 0 Å². The molecule has 108 valence electrons. The molecule has 3 nitrogen and oxygen atoms in total. The molecule has 0 radical (unpaired) electrons. The van der Waals surface area contributed by atoms with Gasteiger partial charge in [0.2, 0.25) is 0 Å². The van der Waals surface area contributed by atoms with Crippen molar-refractivity contribution in [1.82, 2.24) is 5.32 Å². The molecule has 1 aliphatic heterocycles. The fraction of sp³-hybridized carbons (Fsp3) is 0.188. The predicted octanol–water partition coefficient (Wildman–Crippen LogP) is 3.10. The number of fused-ring (bicyclic) bond motifs is 1. The molecule has 0 fully saturated rings. The Bertz CT molecular complexity index is 672. The van der Waals surface area contributed by atoms with E-state index in [-0.39, 0.29) is 11.7 Å². The van der Waals surface area contributed by atoms with E-state index in [1.165, 1.54) is 12.1 Å². The number of hydrogen-bond acceptors (Lipinski definition) is 2. The second-order valence-electron chi connectivity index (χ2n) is 4.91. The van der Waals surface area contributed by atoms with Crippen LogP contribution in [0.1, 0.15) is 11.1 Å². The molecule has 1 N–H and O–H groups in total. The molecular formula is C16H13ClFNO2. The van der Waals surface area contributed by atoms with Gasteiger partial charge < -0.3 is 10.1 Å². The van der Waals surface area contributed by atoms with Crippen molar-refractivity contribution in [3.05, 3.63) is 64.4 Å². The van der Waals surface area contributed by atoms with Crippen LogP contribution in [0.3, 0.4) is 0 Å². The highest BCUT2D eigenvalue weighted by Gasteiger charge is 2.28. The topological polar surface area (TPSA) is 38.3 Å². The summed E-state index contributed by atoms with van der Waals surface area (Å²) in [5.74, 6) is 0.213. The first kappa shape index (κ1) is 13.9. The first-order valence-corrected chi connectivity index (χ1v) is 6.97. The van der Waals surface area contributed by atoms with Gasteiger partial charge >= 0.3 is 0 Å². The van der Waals surface area contributed by atoms with Crippen molar-refractivity contribution in [2.24, 2.45) is 0 Å². The number of amides is 1. The van der Waals surface area contributed by atoms with E-state index in [0.29, 0.717) is 23.7 Å². The van der Waals surface area contributed by atoms with Gasteiger partial charge in [0, 0.05) is 18.0 Å². The Balaban J connectivity index is 1.59. The van der Waals surface area contributed by atoms with Crippen molar-refractivity contribution in [1.29, 1.82) is 0 Å². The van der Waals surface area contributed by atoms with Crippen LogP contribution < -0.4 is 10.1 Å². The van der Waals surface area contributed by atoms with Crippen molar-refractivity contribution >= 4 is 17.5 Å². The molecule has 21 heavy (non-hydrogen) atoms. The van der Waals surface area contributed by atoms with Crippen LogP contribution in [-0.4, -0.2) is 12.0 Å². The van der Waals surface area contributed by atoms with Gasteiger partial charge in [-0.05, 0) is 41.5 Å². The quantitative estimate of drug-likeness (QED) is 0.946. The predicted molar refractivity (Wildman–Crippen MR) is 77.8 cm³/mol. The Kier molecular flexibility index (Phi) is 3.80. The largest absolute Gasteiger partial charge is 0.480 e. The van der Waals surface area contributed by atoms with E-state index in [1.807, 2.05) is 6.07 Å². The third-order valence-electron chi connectivity index (χ3n) is 3.37. The molecule has 0 bridgehead atoms. The summed E-state index contributed by atoms with van der Waals surface area (Å²) in [6.45, 7) is 0.343. The lowest BCUT2D eigenvalue weighted by Crippen LogP contribution is -2.37. The molecule has 2 aromatic rings. The highest BCUT2D eigenvalue weighted by molar-refractivity contribution is 6.30. The van der Waals surface area contributed by atoms with E-state index in [1.54, 1.807) is 24.3 Å². The Labute approximate surface area is 126 Å². The molecule has 5 heteroatoms. The Morgan fingerprint density at radius 3 is 2.81 bits per heavy atom. The fourth-order valence-corrected chi connectivity index (χ4v) is 2.46. The summed E-state index contributed by atoms with van der Waals surface area (Å²) in [6.07, 6.45) is -0.0376. The zero-order chi connectivity index (χ0) is 14.8. The molecule has 2 aromatic carbocycles. The maximum atomic E-state index is 12.8. The molecule has 1 amide bonds. The van der Waals surface area contributed by atoms with E-state index in [0.717, 1.165) is 11.1 Å². The number of benzene rings is 2. The number of rotatable bonds is 3. The van der Waals surface area contributed by atoms with Gasteiger partial charge in [-0.1, -0.05) is 23.7 Å². The third kappa shape index (κ3) is 3.16. The molecule has 0 aromatic heterocycles. The summed E-state index contributed by atoms with van der Waals surface area (Å²) in [4.78, 5) is 12.1. The molecule has 1 atom stereocenters. The van der Waals surface area contributed by atoms with Gasteiger partial charge in [-0.15, -0.1) is 0 Å². The van der Waals surface area contributed by atoms with E-state index in [9.17, 15) is 9.18 Å². The van der Waals surface area contributed by atoms with Gasteiger partial charge in [-0.2, -0.15) is 0 Å². The maximum Gasteiger partial charge on any atom is 0.261 e. The lowest BCUT2D eigenvalue weighted by Gasteiger charge is -2.11. The van der Waals surface area contributed by atoms with Gasteiger partial charge in [0.15, 0.2) is 6.10 Å². The summed E-state index contributed by atoms with van der Waals surface area (Å²) in [5.41, 5.74) is 1.77. The van der Waals surface area contributed by atoms with Crippen molar-refractivity contribution in [2.75, 3.05) is 0 Å². The molecule has 0 aliphatic carbocycles. The zero-order valence-electron chi connectivity index (χ0n) is 11.1. The maximum absolute atomic E-state index is 12.8. The third-order valence-corrected chi connectivity index (χ3v) is 3.60. The lowest BCUT2D eigenvalue weighted by molar-refractivity contribution is -0.127. The van der Waals surface area contributed by atoms with Gasteiger partial charge in [-0.25, -0.2) is 4.39 Å². The van der Waals surface area contributed by atoms with Crippen molar-refractivity contribution in [3.8, 4) is 5.75 Å². The number of ether oxygens (including phenoxy) is 1. The van der Waals surface area contributed by atoms with Crippen LogP contribution in [0.2, 0.25) is 5.02 Å². The Morgan fingerprint density at radius 1 is 1.29 bits per heavy atom. The standard InChI is InChI=1S/C16H13ClFNO2/c17-12-3-6-14-11(7-12)8-15(21-14)16(20)19-9-10-1-4-13(18)5-2-10/h1-7,15H,8-9H2,(H,19,20). The summed E-state index contributed by atoms with van der Waals surface area (Å²) in [5, 5.41) is 3.42. The zero-order valence-corrected chi connectivity index (χ0v) is 11.9. The van der Waals surface area contributed by atoms with Crippen LogP contribution in [0.25, 0.3) is 0 Å². The fourth-order valence-electron chi connectivity index (χ4n) is 2.27. The minimum absolute atomic E-state index is 0.188. The average molecular weight is 306 g/mol. The molecule has 1 aliphatic rings. The highest BCUT2D eigenvalue weighted by Crippen LogP contribution is 2.31. The average Bonchev–Trinajstić information content (AvgIpc) is 2.89. The van der Waals surface area contributed by atoms with E-state index in [4.69, 9.17) is 16.3 Å². The van der Waals surface area contributed by atoms with Gasteiger partial charge in [-0.3, -0.25) is 4.79 Å². The first-order valence-electron chi connectivity index (χ1n) is 6.59. The van der Waals surface area contributed by atoms with Crippen LogP contribution in [-0.2, 0) is 17.8 Å². The highest BCUT2D eigenvalue weighted by atomic mass is 35.5. The van der Waals surface area contributed by atoms with Crippen molar-refractivity contribution in [3.63, 3.8) is 0 Å². The summed E-state index contributed by atoms with van der Waals surface area (Å²) >= 11 is 5.92. The van der Waals surface area contributed by atoms with Crippen molar-refractivity contribution in [2.45, 2.75) is 19.1 Å². The van der Waals surface area contributed by atoms with E-state index >= 15 is 0 Å². The molecule has 1 unspecified atom stereocenters. The van der Waals surface area contributed by atoms with Crippen LogP contribution in [0.15, 0.2) is 42.5 Å². The first-order chi connectivity index (χ1) is 10.1. The molecule has 1 heterocycles. The second kappa shape index (κ2) is 5.74. The van der Waals surface area contributed by atoms with Crippen LogP contribution >= 0.6 is 11.6 Å². The monoisotopic (exact) mass is 305 g/mol. The lowest BCUT2D eigenvalue weighted by atomic mass is 10.1. The minimum Gasteiger partial charge on any atom is -0.480 e. The molecule has 0 saturated carbocycles. The molecule has 3 rings (SSSR count). The van der Waals surface area contributed by atoms with Gasteiger partial charge in [0.1, 0.15) is 11.6 Å². The number of halogens is 2. The SMILES string of the molecule is O=C(NCc1ccc(F)cc1)C1Cc2cc(Cl)ccc2O1. The molecule has 0 saturated heterocycles. The second-order valence-corrected chi connectivity index (χ2v) is 5.34. The smallest absolute Gasteiger partial charge is 0.261 e. The van der Waals surface area contributed by atoms with E-state index in [2.05, 4.69) is 5.32 Å². The Morgan fingerprint density at radius 2 is 2.05 bits per heavy atom. The molecule has 0 spiro atoms. The Hall–Kier alpha value is -2.07. The molecular weight excluding hydrogens is 293 g/mol. The van der Waals surface area contributed by atoms with Crippen LogP contribution in [0, 0.1) is 5.82 Å². The van der Waals surface area contributed by atoms with Gasteiger partial charge in [0.25, 0.3) is 5.91 Å². The normalized spacial score (nSPS) is 16.2. The summed E-state index contributed by atoms with van der Waals surface area (Å²) in [7, 11) is 0. The summed E-state index contributed by atoms with van der Waals surface area (Å²) < 4.78 is 18.4. The number of carbonyl (C=O) groups excluding carboxylic acids is 1. The van der Waals surface area contributed by atoms with Crippen molar-refractivity contribution < 1.29 is 13.9 Å². The number of nitrogens with one attached hydrogen (secondary N) is 1. The number of hydrogen-bond donors (Lipinski definition) is 1. The van der Waals surface area contributed by atoms with E-state index < -0.39 is 6.10 Å². The minimum atomic E-state index is -0.543. The van der Waals surface area contributed by atoms with Crippen LogP contribution in [0.5, 0.6) is 5.75 Å². The summed E-state index contributed by atoms with van der Waals surface area (Å²) in [6, 6.07) is 11.3.